The molecule has 2 unspecified atom stereocenters. The van der Waals surface area contributed by atoms with Crippen LogP contribution in [0.1, 0.15) is 0 Å². The number of nitrogens with two attached hydrogens (primary N) is 1. The Morgan fingerprint density at radius 3 is 2.38 bits per heavy atom. The van der Waals surface area contributed by atoms with Gasteiger partial charge in [0.15, 0.2) is 0 Å². The van der Waals surface area contributed by atoms with Gasteiger partial charge in [-0.15, -0.1) is 0 Å². The lowest BCUT2D eigenvalue weighted by molar-refractivity contribution is 0.301. The van der Waals surface area contributed by atoms with E-state index in [1.807, 2.05) is 0 Å². The number of rotatable bonds is 1. The molecule has 2 rings (SSSR count). The molecule has 2 N–H and O–H groups in total. The second-order valence-corrected chi connectivity index (χ2v) is 4.26. The van der Waals surface area contributed by atoms with Crippen LogP contribution in [0.3, 0.4) is 0 Å². The van der Waals surface area contributed by atoms with Crippen molar-refractivity contribution in [2.75, 3.05) is 39.8 Å². The topological polar surface area (TPSA) is 32.5 Å². The smallest absolute Gasteiger partial charge is 0.0620 e. The van der Waals surface area contributed by atoms with Gasteiger partial charge in [-0.25, -0.2) is 0 Å². The molecule has 0 amide bonds. The largest absolute Gasteiger partial charge is 0.359 e. The van der Waals surface area contributed by atoms with Crippen LogP contribution in [0.2, 0.25) is 0 Å². The van der Waals surface area contributed by atoms with Gasteiger partial charge in [-0.2, -0.15) is 0 Å². The highest BCUT2D eigenvalue weighted by Crippen LogP contribution is 2.29. The van der Waals surface area contributed by atoms with Crippen LogP contribution in [0.4, 0.5) is 0 Å². The summed E-state index contributed by atoms with van der Waals surface area (Å²) < 4.78 is 0. The summed E-state index contributed by atoms with van der Waals surface area (Å²) >= 11 is 0. The minimum Gasteiger partial charge on any atom is -0.359 e. The zero-order valence-electron chi connectivity index (χ0n) is 8.16. The molecular formula is C10H17N3. The Hall–Kier alpha value is -0.720. The van der Waals surface area contributed by atoms with Crippen LogP contribution in [-0.2, 0) is 0 Å². The lowest BCUT2D eigenvalue weighted by Gasteiger charge is -2.15. The average Bonchev–Trinajstić information content (AvgIpc) is 2.57. The number of hydrogen-bond donors (Lipinski definition) is 1. The van der Waals surface area contributed by atoms with Crippen LogP contribution in [0, 0.1) is 23.8 Å². The molecule has 0 saturated carbocycles. The standard InChI is InChI=1S/C10H17N3/c1-12-5-9-7-13(4-2-3-11)8-10(9)6-12/h9-10H,4-8,11H2,1H3. The summed E-state index contributed by atoms with van der Waals surface area (Å²) in [7, 11) is 2.21. The highest BCUT2D eigenvalue weighted by atomic mass is 15.2. The van der Waals surface area contributed by atoms with E-state index in [-0.39, 0.29) is 0 Å². The molecule has 2 heterocycles. The Morgan fingerprint density at radius 2 is 1.85 bits per heavy atom. The first kappa shape index (κ1) is 8.86. The van der Waals surface area contributed by atoms with Crippen molar-refractivity contribution in [1.29, 1.82) is 0 Å². The lowest BCUT2D eigenvalue weighted by Crippen LogP contribution is -2.27. The maximum Gasteiger partial charge on any atom is 0.0620 e. The van der Waals surface area contributed by atoms with Crippen molar-refractivity contribution < 1.29 is 0 Å². The maximum atomic E-state index is 5.15. The van der Waals surface area contributed by atoms with Gasteiger partial charge in [0.05, 0.1) is 6.54 Å². The molecule has 2 aliphatic heterocycles. The SMILES string of the molecule is CN1CC2CN(CC#CN)CC2C1. The first-order valence-corrected chi connectivity index (χ1v) is 4.89. The molecule has 0 spiro atoms. The van der Waals surface area contributed by atoms with Gasteiger partial charge in [0, 0.05) is 32.2 Å². The van der Waals surface area contributed by atoms with Crippen molar-refractivity contribution in [1.82, 2.24) is 9.80 Å². The predicted molar refractivity (Wildman–Crippen MR) is 52.9 cm³/mol. The van der Waals surface area contributed by atoms with Crippen LogP contribution in [0.25, 0.3) is 0 Å². The third-order valence-corrected chi connectivity index (χ3v) is 3.15. The van der Waals surface area contributed by atoms with Crippen LogP contribution < -0.4 is 5.73 Å². The summed E-state index contributed by atoms with van der Waals surface area (Å²) in [5.41, 5.74) is 5.15. The van der Waals surface area contributed by atoms with E-state index >= 15 is 0 Å². The van der Waals surface area contributed by atoms with E-state index in [9.17, 15) is 0 Å². The molecule has 72 valence electrons. The van der Waals surface area contributed by atoms with Gasteiger partial charge < -0.3 is 10.6 Å². The van der Waals surface area contributed by atoms with E-state index in [0.717, 1.165) is 18.4 Å². The fraction of sp³-hybridized carbons (Fsp3) is 0.800. The van der Waals surface area contributed by atoms with Gasteiger partial charge in [-0.1, -0.05) is 5.92 Å². The van der Waals surface area contributed by atoms with Crippen molar-refractivity contribution in [3.63, 3.8) is 0 Å². The molecule has 3 nitrogen and oxygen atoms in total. The van der Waals surface area contributed by atoms with Crippen molar-refractivity contribution in [3.8, 4) is 12.0 Å². The molecule has 0 aliphatic carbocycles. The van der Waals surface area contributed by atoms with E-state index in [1.165, 1.54) is 26.2 Å². The van der Waals surface area contributed by atoms with E-state index in [0.29, 0.717) is 0 Å². The van der Waals surface area contributed by atoms with Crippen molar-refractivity contribution in [2.24, 2.45) is 17.6 Å². The summed E-state index contributed by atoms with van der Waals surface area (Å²) in [5, 5.41) is 0. The molecule has 2 atom stereocenters. The van der Waals surface area contributed by atoms with Crippen LogP contribution in [0.15, 0.2) is 0 Å². The van der Waals surface area contributed by atoms with E-state index in [4.69, 9.17) is 5.73 Å². The van der Waals surface area contributed by atoms with E-state index < -0.39 is 0 Å². The maximum absolute atomic E-state index is 5.15. The normalized spacial score (nSPS) is 34.2. The summed E-state index contributed by atoms with van der Waals surface area (Å²) in [6.45, 7) is 5.80. The number of fused-ring (bicyclic) bond motifs is 1. The molecule has 2 fully saturated rings. The first-order chi connectivity index (χ1) is 6.29. The van der Waals surface area contributed by atoms with Gasteiger partial charge in [0.2, 0.25) is 0 Å². The molecule has 2 aliphatic rings. The Morgan fingerprint density at radius 1 is 1.23 bits per heavy atom. The fourth-order valence-electron chi connectivity index (χ4n) is 2.61. The second kappa shape index (κ2) is 3.57. The summed E-state index contributed by atoms with van der Waals surface area (Å²) in [6.07, 6.45) is 0. The fourth-order valence-corrected chi connectivity index (χ4v) is 2.61. The van der Waals surface area contributed by atoms with Gasteiger partial charge in [0.25, 0.3) is 0 Å². The summed E-state index contributed by atoms with van der Waals surface area (Å²) in [5.74, 6) is 4.69. The van der Waals surface area contributed by atoms with Gasteiger partial charge in [-0.3, -0.25) is 4.90 Å². The third kappa shape index (κ3) is 1.79. The zero-order valence-corrected chi connectivity index (χ0v) is 8.16. The summed E-state index contributed by atoms with van der Waals surface area (Å²) in [6, 6.07) is 2.47. The highest BCUT2D eigenvalue weighted by molar-refractivity contribution is 5.00. The van der Waals surface area contributed by atoms with Gasteiger partial charge >= 0.3 is 0 Å². The first-order valence-electron chi connectivity index (χ1n) is 4.89. The van der Waals surface area contributed by atoms with Gasteiger partial charge in [0.1, 0.15) is 0 Å². The zero-order chi connectivity index (χ0) is 9.26. The molecule has 0 aromatic carbocycles. The molecule has 0 bridgehead atoms. The quantitative estimate of drug-likeness (QED) is 0.431. The van der Waals surface area contributed by atoms with Crippen molar-refractivity contribution >= 4 is 0 Å². The van der Waals surface area contributed by atoms with Crippen LogP contribution in [0.5, 0.6) is 0 Å². The Labute approximate surface area is 79.9 Å². The van der Waals surface area contributed by atoms with E-state index in [1.54, 1.807) is 0 Å². The van der Waals surface area contributed by atoms with E-state index in [2.05, 4.69) is 28.8 Å². The molecular weight excluding hydrogens is 162 g/mol. The number of nitrogens with zero attached hydrogens (tertiary/aromatic N) is 2. The lowest BCUT2D eigenvalue weighted by atomic mass is 10.0. The molecule has 3 heteroatoms. The molecule has 2 saturated heterocycles. The van der Waals surface area contributed by atoms with Crippen molar-refractivity contribution in [2.45, 2.75) is 0 Å². The van der Waals surface area contributed by atoms with Gasteiger partial charge in [-0.05, 0) is 18.9 Å². The predicted octanol–water partition coefficient (Wildman–Crippen LogP) is -0.601. The Kier molecular flexibility index (Phi) is 2.43. The van der Waals surface area contributed by atoms with Crippen molar-refractivity contribution in [3.05, 3.63) is 0 Å². The number of likely N-dealkylation sites (tertiary alicyclic amines) is 2. The van der Waals surface area contributed by atoms with Crippen LogP contribution >= 0.6 is 0 Å². The second-order valence-electron chi connectivity index (χ2n) is 4.26. The monoisotopic (exact) mass is 179 g/mol. The third-order valence-electron chi connectivity index (χ3n) is 3.15. The summed E-state index contributed by atoms with van der Waals surface area (Å²) in [4.78, 5) is 4.85. The molecule has 13 heavy (non-hydrogen) atoms. The van der Waals surface area contributed by atoms with Crippen LogP contribution in [-0.4, -0.2) is 49.6 Å². The molecule has 0 aromatic rings. The Balaban J connectivity index is 1.85. The minimum atomic E-state index is 0.854. The minimum absolute atomic E-state index is 0.854. The molecule has 0 radical (unpaired) electrons. The molecule has 0 aromatic heterocycles. The average molecular weight is 179 g/mol. The number of hydrogen-bond acceptors (Lipinski definition) is 3. The highest BCUT2D eigenvalue weighted by Gasteiger charge is 2.37. The Bertz CT molecular complexity index is 226.